The van der Waals surface area contributed by atoms with Crippen LogP contribution in [0.3, 0.4) is 0 Å². The van der Waals surface area contributed by atoms with Crippen LogP contribution in [0.25, 0.3) is 0 Å². The Morgan fingerprint density at radius 2 is 1.89 bits per heavy atom. The van der Waals surface area contributed by atoms with Crippen LogP contribution in [0.5, 0.6) is 0 Å². The van der Waals surface area contributed by atoms with Gasteiger partial charge in [0, 0.05) is 51.9 Å². The average molecular weight is 397 g/mol. The maximum atomic E-state index is 12.8. The lowest BCUT2D eigenvalue weighted by molar-refractivity contribution is -0.127. The molecule has 2 saturated heterocycles. The van der Waals surface area contributed by atoms with Gasteiger partial charge >= 0.3 is 0 Å². The van der Waals surface area contributed by atoms with Crippen molar-refractivity contribution >= 4 is 21.8 Å². The van der Waals surface area contributed by atoms with E-state index in [1.165, 1.54) is 16.6 Å². The lowest BCUT2D eigenvalue weighted by Crippen LogP contribution is -2.42. The Balaban J connectivity index is 1.68. The molecular formula is C18H28N4O4S. The van der Waals surface area contributed by atoms with Gasteiger partial charge in [-0.05, 0) is 32.3 Å². The van der Waals surface area contributed by atoms with Gasteiger partial charge in [-0.15, -0.1) is 0 Å². The van der Waals surface area contributed by atoms with E-state index in [-0.39, 0.29) is 22.8 Å². The van der Waals surface area contributed by atoms with Crippen LogP contribution in [0.15, 0.2) is 17.2 Å². The van der Waals surface area contributed by atoms with Crippen LogP contribution in [0, 0.1) is 0 Å². The highest BCUT2D eigenvalue weighted by Crippen LogP contribution is 2.22. The maximum absolute atomic E-state index is 12.8. The standard InChI is InChI=1S/C18H28N4O4S/c1-14(12-21-8-6-7-17(21)23)19-18(24)16-11-15(13-20(16)2)27(25,26)22-9-4-3-5-10-22/h11,13-14H,3-10,12H2,1-2H3,(H,19,24)/t14-/m0/s1. The molecule has 150 valence electrons. The number of hydrogen-bond donors (Lipinski definition) is 1. The molecule has 1 aromatic rings. The van der Waals surface area contributed by atoms with E-state index in [1.54, 1.807) is 16.5 Å². The monoisotopic (exact) mass is 396 g/mol. The quantitative estimate of drug-likeness (QED) is 0.775. The zero-order valence-corrected chi connectivity index (χ0v) is 16.8. The number of rotatable bonds is 6. The minimum atomic E-state index is -3.57. The molecular weight excluding hydrogens is 368 g/mol. The molecule has 1 atom stereocenters. The lowest BCUT2D eigenvalue weighted by Gasteiger charge is -2.25. The highest BCUT2D eigenvalue weighted by molar-refractivity contribution is 7.89. The molecule has 2 amide bonds. The molecule has 2 fully saturated rings. The number of aryl methyl sites for hydroxylation is 1. The van der Waals surface area contributed by atoms with Crippen LogP contribution in [0.2, 0.25) is 0 Å². The first kappa shape index (κ1) is 19.9. The number of likely N-dealkylation sites (tertiary alicyclic amines) is 1. The minimum absolute atomic E-state index is 0.116. The van der Waals surface area contributed by atoms with Crippen LogP contribution >= 0.6 is 0 Å². The Bertz CT molecular complexity index is 811. The Morgan fingerprint density at radius 1 is 1.19 bits per heavy atom. The number of aromatic nitrogens is 1. The van der Waals surface area contributed by atoms with Gasteiger partial charge in [0.05, 0.1) is 0 Å². The zero-order chi connectivity index (χ0) is 19.6. The topological polar surface area (TPSA) is 91.7 Å². The summed E-state index contributed by atoms with van der Waals surface area (Å²) in [4.78, 5) is 26.2. The van der Waals surface area contributed by atoms with Crippen molar-refractivity contribution in [2.45, 2.75) is 50.0 Å². The number of hydrogen-bond acceptors (Lipinski definition) is 4. The van der Waals surface area contributed by atoms with E-state index >= 15 is 0 Å². The van der Waals surface area contributed by atoms with E-state index in [0.717, 1.165) is 32.2 Å². The van der Waals surface area contributed by atoms with Crippen molar-refractivity contribution in [1.29, 1.82) is 0 Å². The summed E-state index contributed by atoms with van der Waals surface area (Å²) in [5.74, 6) is -0.221. The molecule has 9 heteroatoms. The van der Waals surface area contributed by atoms with E-state index in [0.29, 0.717) is 31.7 Å². The van der Waals surface area contributed by atoms with E-state index in [1.807, 2.05) is 6.92 Å². The molecule has 27 heavy (non-hydrogen) atoms. The Labute approximate surface area is 160 Å². The molecule has 3 rings (SSSR count). The van der Waals surface area contributed by atoms with E-state index < -0.39 is 10.0 Å². The highest BCUT2D eigenvalue weighted by Gasteiger charge is 2.29. The highest BCUT2D eigenvalue weighted by atomic mass is 32.2. The third-order valence-electron chi connectivity index (χ3n) is 5.21. The largest absolute Gasteiger partial charge is 0.347 e. The predicted molar refractivity (Wildman–Crippen MR) is 101 cm³/mol. The minimum Gasteiger partial charge on any atom is -0.347 e. The molecule has 2 aliphatic rings. The van der Waals surface area contributed by atoms with E-state index in [2.05, 4.69) is 5.32 Å². The molecule has 3 heterocycles. The number of nitrogens with zero attached hydrogens (tertiary/aromatic N) is 3. The molecule has 1 N–H and O–H groups in total. The van der Waals surface area contributed by atoms with Crippen molar-refractivity contribution in [3.8, 4) is 0 Å². The summed E-state index contributed by atoms with van der Waals surface area (Å²) in [6.07, 6.45) is 5.70. The zero-order valence-electron chi connectivity index (χ0n) is 16.0. The van der Waals surface area contributed by atoms with Gasteiger partial charge < -0.3 is 14.8 Å². The van der Waals surface area contributed by atoms with E-state index in [9.17, 15) is 18.0 Å². The molecule has 0 bridgehead atoms. The average Bonchev–Trinajstić information content (AvgIpc) is 3.22. The summed E-state index contributed by atoms with van der Waals surface area (Å²) >= 11 is 0. The molecule has 8 nitrogen and oxygen atoms in total. The smallest absolute Gasteiger partial charge is 0.268 e. The van der Waals surface area contributed by atoms with Gasteiger partial charge in [-0.1, -0.05) is 6.42 Å². The number of carbonyl (C=O) groups excluding carboxylic acids is 2. The Hall–Kier alpha value is -1.87. The van der Waals surface area contributed by atoms with Crippen LogP contribution in [0.1, 0.15) is 49.5 Å². The number of nitrogens with one attached hydrogen (secondary N) is 1. The molecule has 0 aromatic carbocycles. The van der Waals surface area contributed by atoms with Crippen molar-refractivity contribution < 1.29 is 18.0 Å². The molecule has 2 aliphatic heterocycles. The van der Waals surface area contributed by atoms with E-state index in [4.69, 9.17) is 0 Å². The fourth-order valence-corrected chi connectivity index (χ4v) is 5.32. The van der Waals surface area contributed by atoms with Crippen LogP contribution in [-0.4, -0.2) is 66.2 Å². The van der Waals surface area contributed by atoms with Gasteiger partial charge in [0.25, 0.3) is 5.91 Å². The molecule has 0 saturated carbocycles. The lowest BCUT2D eigenvalue weighted by atomic mass is 10.2. The van der Waals surface area contributed by atoms with Gasteiger partial charge in [0.2, 0.25) is 15.9 Å². The van der Waals surface area contributed by atoms with Crippen LogP contribution < -0.4 is 5.32 Å². The molecule has 0 unspecified atom stereocenters. The van der Waals surface area contributed by atoms with Crippen LogP contribution in [0.4, 0.5) is 0 Å². The maximum Gasteiger partial charge on any atom is 0.268 e. The number of piperidine rings is 1. The molecule has 0 aliphatic carbocycles. The normalized spacial score (nSPS) is 20.1. The fourth-order valence-electron chi connectivity index (χ4n) is 3.73. The Morgan fingerprint density at radius 3 is 2.52 bits per heavy atom. The van der Waals surface area contributed by atoms with Crippen molar-refractivity contribution in [3.63, 3.8) is 0 Å². The van der Waals surface area contributed by atoms with Crippen LogP contribution in [-0.2, 0) is 21.9 Å². The summed E-state index contributed by atoms with van der Waals surface area (Å²) < 4.78 is 28.6. The van der Waals surface area contributed by atoms with Crippen molar-refractivity contribution in [2.75, 3.05) is 26.2 Å². The van der Waals surface area contributed by atoms with Gasteiger partial charge in [0.15, 0.2) is 0 Å². The third kappa shape index (κ3) is 4.35. The second-order valence-electron chi connectivity index (χ2n) is 7.45. The summed E-state index contributed by atoms with van der Waals surface area (Å²) in [5.41, 5.74) is 0.296. The van der Waals surface area contributed by atoms with Gasteiger partial charge in [-0.25, -0.2) is 8.42 Å². The molecule has 0 spiro atoms. The first-order chi connectivity index (χ1) is 12.8. The van der Waals surface area contributed by atoms with Crippen molar-refractivity contribution in [3.05, 3.63) is 18.0 Å². The fraction of sp³-hybridized carbons (Fsp3) is 0.667. The van der Waals surface area contributed by atoms with Gasteiger partial charge in [0.1, 0.15) is 10.6 Å². The summed E-state index contributed by atoms with van der Waals surface area (Å²) in [7, 11) is -1.91. The summed E-state index contributed by atoms with van der Waals surface area (Å²) in [5, 5.41) is 2.87. The first-order valence-electron chi connectivity index (χ1n) is 9.54. The number of sulfonamides is 1. The third-order valence-corrected chi connectivity index (χ3v) is 7.07. The number of amides is 2. The van der Waals surface area contributed by atoms with Gasteiger partial charge in [-0.3, -0.25) is 9.59 Å². The molecule has 0 radical (unpaired) electrons. The predicted octanol–water partition coefficient (Wildman–Crippen LogP) is 0.940. The van der Waals surface area contributed by atoms with Crippen molar-refractivity contribution in [2.24, 2.45) is 7.05 Å². The second kappa shape index (κ2) is 8.02. The SMILES string of the molecule is C[C@@H](CN1CCCC1=O)NC(=O)c1cc(S(=O)(=O)N2CCCCC2)cn1C. The molecule has 1 aromatic heterocycles. The number of carbonyl (C=O) groups is 2. The van der Waals surface area contributed by atoms with Crippen molar-refractivity contribution in [1.82, 2.24) is 19.1 Å². The Kier molecular flexibility index (Phi) is 5.90. The first-order valence-corrected chi connectivity index (χ1v) is 11.0. The summed E-state index contributed by atoms with van der Waals surface area (Å²) in [6.45, 7) is 4.09. The summed E-state index contributed by atoms with van der Waals surface area (Å²) in [6, 6.07) is 1.23. The van der Waals surface area contributed by atoms with Gasteiger partial charge in [-0.2, -0.15) is 4.31 Å². The second-order valence-corrected chi connectivity index (χ2v) is 9.39.